The Morgan fingerprint density at radius 3 is 2.53 bits per heavy atom. The highest BCUT2D eigenvalue weighted by Crippen LogP contribution is 2.22. The third-order valence-electron chi connectivity index (χ3n) is 2.62. The Balaban J connectivity index is 2.51. The maximum atomic E-state index is 9.89. The number of aryl methyl sites for hydroxylation is 2. The number of aromatic nitrogens is 1. The summed E-state index contributed by atoms with van der Waals surface area (Å²) in [5, 5.41) is 9.89. The normalized spacial score (nSPS) is 13.9. The van der Waals surface area contributed by atoms with Crippen molar-refractivity contribution in [3.63, 3.8) is 0 Å². The number of aliphatic hydroxyl groups excluding tert-OH is 1. The Kier molecular flexibility index (Phi) is 3.86. The third kappa shape index (κ3) is 4.00. The van der Waals surface area contributed by atoms with Crippen molar-refractivity contribution in [1.82, 2.24) is 4.98 Å². The van der Waals surface area contributed by atoms with Crippen LogP contribution in [0.4, 0.5) is 0 Å². The van der Waals surface area contributed by atoms with E-state index in [1.54, 1.807) is 0 Å². The van der Waals surface area contributed by atoms with Gasteiger partial charge >= 0.3 is 0 Å². The molecule has 2 heteroatoms. The van der Waals surface area contributed by atoms with Gasteiger partial charge in [0, 0.05) is 11.4 Å². The van der Waals surface area contributed by atoms with Crippen LogP contribution in [-0.2, 0) is 6.42 Å². The molecule has 0 radical (unpaired) electrons. The lowest BCUT2D eigenvalue weighted by atomic mass is 9.86. The fourth-order valence-electron chi connectivity index (χ4n) is 1.46. The smallest absolute Gasteiger partial charge is 0.0592 e. The summed E-state index contributed by atoms with van der Waals surface area (Å²) >= 11 is 0. The first-order valence-electron chi connectivity index (χ1n) is 5.50. The molecule has 0 aliphatic rings. The summed E-state index contributed by atoms with van der Waals surface area (Å²) < 4.78 is 0. The summed E-state index contributed by atoms with van der Waals surface area (Å²) in [6.07, 6.45) is 1.36. The van der Waals surface area contributed by atoms with Crippen molar-refractivity contribution in [2.75, 3.05) is 0 Å². The standard InChI is InChI=1S/C13H21NO/c1-10-6-5-7-11(14-10)8-9-12(15)13(2,3)4/h5-7,12,15H,8-9H2,1-4H3. The van der Waals surface area contributed by atoms with E-state index < -0.39 is 0 Å². The zero-order valence-corrected chi connectivity index (χ0v) is 10.1. The molecule has 1 rings (SSSR count). The van der Waals surface area contributed by atoms with Crippen molar-refractivity contribution < 1.29 is 5.11 Å². The number of aliphatic hydroxyl groups is 1. The minimum absolute atomic E-state index is 0.0379. The van der Waals surface area contributed by atoms with Crippen molar-refractivity contribution in [2.45, 2.75) is 46.6 Å². The van der Waals surface area contributed by atoms with Crippen LogP contribution in [0.2, 0.25) is 0 Å². The van der Waals surface area contributed by atoms with Gasteiger partial charge in [-0.1, -0.05) is 26.8 Å². The van der Waals surface area contributed by atoms with Crippen LogP contribution in [0.1, 0.15) is 38.6 Å². The van der Waals surface area contributed by atoms with Crippen LogP contribution in [-0.4, -0.2) is 16.2 Å². The first-order valence-corrected chi connectivity index (χ1v) is 5.50. The molecule has 1 atom stereocenters. The van der Waals surface area contributed by atoms with Gasteiger partial charge in [-0.3, -0.25) is 4.98 Å². The molecule has 1 N–H and O–H groups in total. The molecule has 0 saturated heterocycles. The number of pyridine rings is 1. The molecule has 0 aliphatic heterocycles. The number of nitrogens with zero attached hydrogens (tertiary/aromatic N) is 1. The van der Waals surface area contributed by atoms with Gasteiger partial charge in [0.25, 0.3) is 0 Å². The van der Waals surface area contributed by atoms with Crippen LogP contribution in [0.3, 0.4) is 0 Å². The lowest BCUT2D eigenvalue weighted by Crippen LogP contribution is -2.26. The Bertz CT molecular complexity index is 315. The predicted molar refractivity (Wildman–Crippen MR) is 62.8 cm³/mol. The zero-order chi connectivity index (χ0) is 11.5. The number of hydrogen-bond acceptors (Lipinski definition) is 2. The van der Waals surface area contributed by atoms with Gasteiger partial charge in [-0.15, -0.1) is 0 Å². The molecule has 0 spiro atoms. The summed E-state index contributed by atoms with van der Waals surface area (Å²) in [6.45, 7) is 8.16. The first kappa shape index (κ1) is 12.2. The minimum Gasteiger partial charge on any atom is -0.393 e. The van der Waals surface area contributed by atoms with E-state index in [0.29, 0.717) is 0 Å². The van der Waals surface area contributed by atoms with Crippen molar-refractivity contribution in [3.8, 4) is 0 Å². The fraction of sp³-hybridized carbons (Fsp3) is 0.615. The average molecular weight is 207 g/mol. The molecule has 84 valence electrons. The lowest BCUT2D eigenvalue weighted by Gasteiger charge is -2.25. The predicted octanol–water partition coefficient (Wildman–Crippen LogP) is 2.73. The van der Waals surface area contributed by atoms with Crippen LogP contribution in [0, 0.1) is 12.3 Å². The summed E-state index contributed by atoms with van der Waals surface area (Å²) in [7, 11) is 0. The minimum atomic E-state index is -0.264. The molecule has 0 fully saturated rings. The van der Waals surface area contributed by atoms with Gasteiger partial charge < -0.3 is 5.11 Å². The summed E-state index contributed by atoms with van der Waals surface area (Å²) in [4.78, 5) is 4.42. The van der Waals surface area contributed by atoms with Gasteiger partial charge in [0.05, 0.1) is 6.10 Å². The molecule has 1 aromatic rings. The van der Waals surface area contributed by atoms with Gasteiger partial charge in [-0.2, -0.15) is 0 Å². The maximum Gasteiger partial charge on any atom is 0.0592 e. The molecule has 0 saturated carbocycles. The van der Waals surface area contributed by atoms with E-state index in [9.17, 15) is 5.11 Å². The molecule has 1 unspecified atom stereocenters. The number of hydrogen-bond donors (Lipinski definition) is 1. The quantitative estimate of drug-likeness (QED) is 0.826. The van der Waals surface area contributed by atoms with E-state index in [-0.39, 0.29) is 11.5 Å². The SMILES string of the molecule is Cc1cccc(CCC(O)C(C)(C)C)n1. The Morgan fingerprint density at radius 2 is 2.00 bits per heavy atom. The summed E-state index contributed by atoms with van der Waals surface area (Å²) in [5.41, 5.74) is 2.07. The van der Waals surface area contributed by atoms with E-state index in [1.807, 2.05) is 25.1 Å². The van der Waals surface area contributed by atoms with Gasteiger partial charge in [-0.05, 0) is 37.3 Å². The summed E-state index contributed by atoms with van der Waals surface area (Å²) in [6, 6.07) is 6.02. The molecule has 1 aromatic heterocycles. The van der Waals surface area contributed by atoms with Crippen molar-refractivity contribution in [2.24, 2.45) is 5.41 Å². The van der Waals surface area contributed by atoms with Crippen LogP contribution >= 0.6 is 0 Å². The highest BCUT2D eigenvalue weighted by molar-refractivity contribution is 5.10. The number of rotatable bonds is 3. The topological polar surface area (TPSA) is 33.1 Å². The zero-order valence-electron chi connectivity index (χ0n) is 10.1. The fourth-order valence-corrected chi connectivity index (χ4v) is 1.46. The monoisotopic (exact) mass is 207 g/mol. The highest BCUT2D eigenvalue weighted by atomic mass is 16.3. The molecule has 1 heterocycles. The van der Waals surface area contributed by atoms with E-state index in [4.69, 9.17) is 0 Å². The second-order valence-corrected chi connectivity index (χ2v) is 5.19. The van der Waals surface area contributed by atoms with E-state index in [2.05, 4.69) is 25.8 Å². The van der Waals surface area contributed by atoms with Crippen LogP contribution in [0.25, 0.3) is 0 Å². The first-order chi connectivity index (χ1) is 6.89. The molecule has 0 amide bonds. The lowest BCUT2D eigenvalue weighted by molar-refractivity contribution is 0.0558. The van der Waals surface area contributed by atoms with Gasteiger partial charge in [0.2, 0.25) is 0 Å². The molecule has 0 bridgehead atoms. The van der Waals surface area contributed by atoms with Crippen LogP contribution < -0.4 is 0 Å². The van der Waals surface area contributed by atoms with Gasteiger partial charge in [0.1, 0.15) is 0 Å². The Morgan fingerprint density at radius 1 is 1.33 bits per heavy atom. The molecule has 0 aromatic carbocycles. The maximum absolute atomic E-state index is 9.89. The Hall–Kier alpha value is -0.890. The molecular formula is C13H21NO. The second-order valence-electron chi connectivity index (χ2n) is 5.19. The third-order valence-corrected chi connectivity index (χ3v) is 2.62. The molecule has 0 aliphatic carbocycles. The summed E-state index contributed by atoms with van der Waals surface area (Å²) in [5.74, 6) is 0. The van der Waals surface area contributed by atoms with E-state index >= 15 is 0 Å². The van der Waals surface area contributed by atoms with Crippen LogP contribution in [0.5, 0.6) is 0 Å². The van der Waals surface area contributed by atoms with Crippen molar-refractivity contribution in [1.29, 1.82) is 0 Å². The van der Waals surface area contributed by atoms with Crippen LogP contribution in [0.15, 0.2) is 18.2 Å². The van der Waals surface area contributed by atoms with E-state index in [0.717, 1.165) is 24.2 Å². The average Bonchev–Trinajstić information content (AvgIpc) is 2.12. The molecule has 15 heavy (non-hydrogen) atoms. The second kappa shape index (κ2) is 4.75. The molecular weight excluding hydrogens is 186 g/mol. The van der Waals surface area contributed by atoms with Gasteiger partial charge in [-0.25, -0.2) is 0 Å². The molecule has 2 nitrogen and oxygen atoms in total. The Labute approximate surface area is 92.4 Å². The highest BCUT2D eigenvalue weighted by Gasteiger charge is 2.21. The largest absolute Gasteiger partial charge is 0.393 e. The van der Waals surface area contributed by atoms with Crippen molar-refractivity contribution >= 4 is 0 Å². The van der Waals surface area contributed by atoms with E-state index in [1.165, 1.54) is 0 Å². The van der Waals surface area contributed by atoms with Gasteiger partial charge in [0.15, 0.2) is 0 Å². The van der Waals surface area contributed by atoms with Crippen molar-refractivity contribution in [3.05, 3.63) is 29.6 Å².